The predicted octanol–water partition coefficient (Wildman–Crippen LogP) is 2.33. The lowest BCUT2D eigenvalue weighted by molar-refractivity contribution is 0.0492. The molecule has 2 heterocycles. The molecule has 2 aliphatic rings. The third-order valence-electron chi connectivity index (χ3n) is 4.37. The fraction of sp³-hybridized carbons (Fsp3) is 0.500. The quantitative estimate of drug-likeness (QED) is 0.759. The summed E-state index contributed by atoms with van der Waals surface area (Å²) in [5.41, 5.74) is 0.665. The van der Waals surface area contributed by atoms with Crippen LogP contribution in [0.3, 0.4) is 0 Å². The van der Waals surface area contributed by atoms with Gasteiger partial charge in [-0.3, -0.25) is 5.32 Å². The van der Waals surface area contributed by atoms with Crippen LogP contribution in [0.4, 0.5) is 14.0 Å². The van der Waals surface area contributed by atoms with Crippen LogP contribution in [0.1, 0.15) is 31.4 Å². The van der Waals surface area contributed by atoms with Gasteiger partial charge in [0.05, 0.1) is 0 Å². The Balaban J connectivity index is 1.63. The number of imide groups is 1. The lowest BCUT2D eigenvalue weighted by atomic mass is 10.1. The lowest BCUT2D eigenvalue weighted by Crippen LogP contribution is -2.70. The van der Waals surface area contributed by atoms with Gasteiger partial charge in [-0.15, -0.1) is 0 Å². The van der Waals surface area contributed by atoms with E-state index in [0.29, 0.717) is 31.6 Å². The van der Waals surface area contributed by atoms with Gasteiger partial charge in [0.15, 0.2) is 6.29 Å². The van der Waals surface area contributed by atoms with Crippen molar-refractivity contribution in [3.63, 3.8) is 0 Å². The van der Waals surface area contributed by atoms with Crippen molar-refractivity contribution in [2.75, 3.05) is 13.2 Å². The molecular formula is C16H20ClFN4O3. The van der Waals surface area contributed by atoms with E-state index in [2.05, 4.69) is 16.0 Å². The minimum atomic E-state index is -0.743. The molecule has 1 atom stereocenters. The van der Waals surface area contributed by atoms with Gasteiger partial charge in [-0.2, -0.15) is 0 Å². The Kier molecular flexibility index (Phi) is 5.41. The number of carbonyl (C=O) groups is 2. The average molecular weight is 371 g/mol. The minimum absolute atomic E-state index is 0.168. The summed E-state index contributed by atoms with van der Waals surface area (Å²) >= 11 is 6.05. The van der Waals surface area contributed by atoms with Crippen LogP contribution in [0.5, 0.6) is 0 Å². The molecule has 25 heavy (non-hydrogen) atoms. The number of amides is 4. The average Bonchev–Trinajstić information content (AvgIpc) is 2.55. The van der Waals surface area contributed by atoms with Crippen molar-refractivity contribution in [3.8, 4) is 0 Å². The van der Waals surface area contributed by atoms with Gasteiger partial charge in [-0.1, -0.05) is 17.7 Å². The van der Waals surface area contributed by atoms with Crippen molar-refractivity contribution in [2.24, 2.45) is 0 Å². The minimum Gasteiger partial charge on any atom is -0.381 e. The van der Waals surface area contributed by atoms with E-state index in [4.69, 9.17) is 16.3 Å². The normalized spacial score (nSPS) is 21.0. The highest BCUT2D eigenvalue weighted by Crippen LogP contribution is 2.24. The monoisotopic (exact) mass is 370 g/mol. The molecule has 2 fully saturated rings. The Morgan fingerprint density at radius 3 is 2.52 bits per heavy atom. The molecule has 0 aliphatic carbocycles. The number of carbonyl (C=O) groups excluding carboxylic acids is 2. The van der Waals surface area contributed by atoms with Gasteiger partial charge in [-0.05, 0) is 37.5 Å². The first-order valence-electron chi connectivity index (χ1n) is 8.14. The van der Waals surface area contributed by atoms with Gasteiger partial charge < -0.3 is 15.4 Å². The van der Waals surface area contributed by atoms with E-state index in [-0.39, 0.29) is 17.1 Å². The molecule has 136 valence electrons. The summed E-state index contributed by atoms with van der Waals surface area (Å²) in [4.78, 5) is 25.9. The van der Waals surface area contributed by atoms with E-state index in [1.54, 1.807) is 6.07 Å². The van der Waals surface area contributed by atoms with Crippen LogP contribution in [0, 0.1) is 5.82 Å². The van der Waals surface area contributed by atoms with Crippen LogP contribution in [0.25, 0.3) is 0 Å². The summed E-state index contributed by atoms with van der Waals surface area (Å²) < 4.78 is 18.4. The Labute approximate surface area is 149 Å². The molecule has 0 spiro atoms. The zero-order valence-electron chi connectivity index (χ0n) is 13.7. The number of halogens is 2. The molecule has 9 heteroatoms. The molecule has 0 bridgehead atoms. The van der Waals surface area contributed by atoms with Gasteiger partial charge in [0.25, 0.3) is 0 Å². The van der Waals surface area contributed by atoms with Crippen molar-refractivity contribution in [2.45, 2.75) is 38.1 Å². The Morgan fingerprint density at radius 1 is 1.28 bits per heavy atom. The molecule has 2 saturated heterocycles. The van der Waals surface area contributed by atoms with Crippen molar-refractivity contribution in [1.82, 2.24) is 20.9 Å². The van der Waals surface area contributed by atoms with Crippen molar-refractivity contribution in [1.29, 1.82) is 0 Å². The van der Waals surface area contributed by atoms with Crippen molar-refractivity contribution < 1.29 is 18.7 Å². The number of hydrogen-bond donors (Lipinski definition) is 3. The maximum atomic E-state index is 13.2. The van der Waals surface area contributed by atoms with Gasteiger partial charge >= 0.3 is 12.1 Å². The second-order valence-corrected chi connectivity index (χ2v) is 6.51. The third-order valence-corrected chi connectivity index (χ3v) is 4.70. The number of urea groups is 2. The maximum Gasteiger partial charge on any atom is 0.328 e. The number of ether oxygens (including phenoxy) is 1. The summed E-state index contributed by atoms with van der Waals surface area (Å²) in [6, 6.07) is 2.71. The Hall–Kier alpha value is -1.90. The Bertz CT molecular complexity index is 651. The first kappa shape index (κ1) is 17.9. The second kappa shape index (κ2) is 7.55. The fourth-order valence-electron chi connectivity index (χ4n) is 3.07. The number of rotatable bonds is 4. The molecule has 0 unspecified atom stereocenters. The summed E-state index contributed by atoms with van der Waals surface area (Å²) in [6.07, 6.45) is 0.508. The highest BCUT2D eigenvalue weighted by atomic mass is 35.5. The van der Waals surface area contributed by atoms with Gasteiger partial charge in [0.2, 0.25) is 0 Å². The van der Waals surface area contributed by atoms with Crippen LogP contribution in [-0.4, -0.2) is 42.5 Å². The van der Waals surface area contributed by atoms with Gasteiger partial charge in [-0.25, -0.2) is 18.9 Å². The van der Waals surface area contributed by atoms with E-state index in [9.17, 15) is 14.0 Å². The van der Waals surface area contributed by atoms with Crippen molar-refractivity contribution >= 4 is 23.7 Å². The number of nitrogens with one attached hydrogen (secondary N) is 3. The molecule has 4 amide bonds. The molecule has 0 radical (unpaired) electrons. The van der Waals surface area contributed by atoms with Crippen LogP contribution in [-0.2, 0) is 4.74 Å². The van der Waals surface area contributed by atoms with Crippen LogP contribution < -0.4 is 16.0 Å². The molecule has 3 rings (SSSR count). The number of hydrogen-bond acceptors (Lipinski definition) is 4. The van der Waals surface area contributed by atoms with E-state index < -0.39 is 24.2 Å². The highest BCUT2D eigenvalue weighted by Gasteiger charge is 2.37. The largest absolute Gasteiger partial charge is 0.381 e. The standard InChI is InChI=1S/C16H20ClFN4O3/c1-9(12-3-2-10(18)8-13(12)17)19-14-20-15(23)22(16(24)21-14)11-4-6-25-7-5-11/h2-3,8-9,11,14,19H,4-7H2,1H3,(H,20,23)(H,21,24)/t9-/m0/s1. The fourth-order valence-corrected chi connectivity index (χ4v) is 3.40. The maximum absolute atomic E-state index is 13.2. The molecule has 1 aromatic carbocycles. The Morgan fingerprint density at radius 2 is 1.92 bits per heavy atom. The predicted molar refractivity (Wildman–Crippen MR) is 89.5 cm³/mol. The molecule has 3 N–H and O–H groups in total. The van der Waals surface area contributed by atoms with Gasteiger partial charge in [0, 0.05) is 30.3 Å². The summed E-state index contributed by atoms with van der Waals surface area (Å²) in [5.74, 6) is -0.424. The smallest absolute Gasteiger partial charge is 0.328 e. The molecule has 1 aromatic rings. The van der Waals surface area contributed by atoms with E-state index >= 15 is 0 Å². The van der Waals surface area contributed by atoms with Gasteiger partial charge in [0.1, 0.15) is 5.82 Å². The van der Waals surface area contributed by atoms with E-state index in [1.165, 1.54) is 17.0 Å². The third kappa shape index (κ3) is 4.02. The van der Waals surface area contributed by atoms with E-state index in [1.807, 2.05) is 6.92 Å². The molecule has 7 nitrogen and oxygen atoms in total. The molecular weight excluding hydrogens is 351 g/mol. The number of benzene rings is 1. The SMILES string of the molecule is C[C@H](NC1NC(=O)N(C2CCOCC2)C(=O)N1)c1ccc(F)cc1Cl. The van der Waals surface area contributed by atoms with Crippen molar-refractivity contribution in [3.05, 3.63) is 34.6 Å². The summed E-state index contributed by atoms with van der Waals surface area (Å²) in [7, 11) is 0. The zero-order chi connectivity index (χ0) is 18.0. The molecule has 2 aliphatic heterocycles. The highest BCUT2D eigenvalue weighted by molar-refractivity contribution is 6.31. The van der Waals surface area contributed by atoms with Crippen LogP contribution >= 0.6 is 11.6 Å². The summed E-state index contributed by atoms with van der Waals surface area (Å²) in [5, 5.41) is 8.76. The summed E-state index contributed by atoms with van der Waals surface area (Å²) in [6.45, 7) is 2.87. The lowest BCUT2D eigenvalue weighted by Gasteiger charge is -2.39. The number of nitrogens with zero attached hydrogens (tertiary/aromatic N) is 1. The topological polar surface area (TPSA) is 82.7 Å². The first-order valence-corrected chi connectivity index (χ1v) is 8.52. The van der Waals surface area contributed by atoms with Crippen LogP contribution in [0.2, 0.25) is 5.02 Å². The first-order chi connectivity index (χ1) is 12.0. The second-order valence-electron chi connectivity index (χ2n) is 6.10. The molecule has 0 saturated carbocycles. The zero-order valence-corrected chi connectivity index (χ0v) is 14.5. The van der Waals surface area contributed by atoms with Crippen LogP contribution in [0.15, 0.2) is 18.2 Å². The molecule has 0 aromatic heterocycles. The van der Waals surface area contributed by atoms with E-state index in [0.717, 1.165) is 0 Å².